The highest BCUT2D eigenvalue weighted by molar-refractivity contribution is 7.21. The summed E-state index contributed by atoms with van der Waals surface area (Å²) in [7, 11) is 2.21. The van der Waals surface area contributed by atoms with Crippen LogP contribution in [0.25, 0.3) is 31.9 Å². The second kappa shape index (κ2) is 8.68. The number of piperidine rings is 1. The van der Waals surface area contributed by atoms with E-state index in [1.807, 2.05) is 0 Å². The first-order valence-electron chi connectivity index (χ1n) is 10.7. The number of hydrogen-bond donors (Lipinski definition) is 1. The predicted octanol–water partition coefficient (Wildman–Crippen LogP) is 5.81. The van der Waals surface area contributed by atoms with Gasteiger partial charge in [-0.3, -0.25) is 0 Å². The van der Waals surface area contributed by atoms with Gasteiger partial charge < -0.3 is 10.2 Å². The third-order valence-electron chi connectivity index (χ3n) is 6.04. The van der Waals surface area contributed by atoms with Gasteiger partial charge in [-0.1, -0.05) is 60.7 Å². The van der Waals surface area contributed by atoms with E-state index in [4.69, 9.17) is 4.98 Å². The van der Waals surface area contributed by atoms with Gasteiger partial charge >= 0.3 is 0 Å². The minimum Gasteiger partial charge on any atom is -0.310 e. The highest BCUT2D eigenvalue weighted by Crippen LogP contribution is 2.39. The van der Waals surface area contributed by atoms with Crippen molar-refractivity contribution in [3.8, 4) is 21.7 Å². The van der Waals surface area contributed by atoms with E-state index in [2.05, 4.69) is 90.1 Å². The summed E-state index contributed by atoms with van der Waals surface area (Å²) >= 11 is 1.79. The fourth-order valence-electron chi connectivity index (χ4n) is 4.30. The van der Waals surface area contributed by atoms with E-state index in [1.54, 1.807) is 11.3 Å². The summed E-state index contributed by atoms with van der Waals surface area (Å²) in [5, 5.41) is 4.94. The van der Waals surface area contributed by atoms with E-state index in [9.17, 15) is 0 Å². The molecule has 0 bridgehead atoms. The Labute approximate surface area is 182 Å². The average Bonchev–Trinajstić information content (AvgIpc) is 3.23. The quantitative estimate of drug-likeness (QED) is 0.447. The molecule has 1 N–H and O–H groups in total. The van der Waals surface area contributed by atoms with Gasteiger partial charge in [0.25, 0.3) is 0 Å². The van der Waals surface area contributed by atoms with E-state index >= 15 is 0 Å². The minimum absolute atomic E-state index is 0.588. The third-order valence-corrected chi connectivity index (χ3v) is 7.10. The summed E-state index contributed by atoms with van der Waals surface area (Å²) in [6, 6.07) is 26.4. The van der Waals surface area contributed by atoms with Crippen LogP contribution in [0.2, 0.25) is 0 Å². The number of hydrogen-bond acceptors (Lipinski definition) is 4. The molecule has 1 aliphatic rings. The van der Waals surface area contributed by atoms with E-state index in [0.29, 0.717) is 6.04 Å². The molecule has 0 spiro atoms. The molecule has 0 radical (unpaired) electrons. The van der Waals surface area contributed by atoms with E-state index in [1.165, 1.54) is 52.9 Å². The molecular weight excluding hydrogens is 386 g/mol. The van der Waals surface area contributed by atoms with Crippen molar-refractivity contribution in [3.63, 3.8) is 0 Å². The van der Waals surface area contributed by atoms with Crippen LogP contribution in [0.15, 0.2) is 72.8 Å². The zero-order valence-corrected chi connectivity index (χ0v) is 18.2. The molecule has 0 aliphatic carbocycles. The fraction of sp³-hybridized carbons (Fsp3) is 0.269. The Hall–Kier alpha value is -2.53. The Kier molecular flexibility index (Phi) is 5.63. The zero-order valence-electron chi connectivity index (χ0n) is 17.3. The standard InChI is InChI=1S/C26H27N3S/c1-29-16-14-21(15-17-29)27-18-20-10-7-11-22(19-8-3-2-4-9-19)25(20)26-28-23-12-5-6-13-24(23)30-26/h2-13,21,27H,14-18H2,1H3. The highest BCUT2D eigenvalue weighted by Gasteiger charge is 2.19. The molecule has 5 rings (SSSR count). The maximum absolute atomic E-state index is 5.02. The minimum atomic E-state index is 0.588. The first kappa shape index (κ1) is 19.4. The van der Waals surface area contributed by atoms with Gasteiger partial charge in [0.1, 0.15) is 5.01 Å². The molecule has 152 valence electrons. The predicted molar refractivity (Wildman–Crippen MR) is 128 cm³/mol. The topological polar surface area (TPSA) is 28.2 Å². The smallest absolute Gasteiger partial charge is 0.125 e. The first-order chi connectivity index (χ1) is 14.8. The maximum atomic E-state index is 5.02. The molecule has 30 heavy (non-hydrogen) atoms. The number of para-hydroxylation sites is 1. The van der Waals surface area contributed by atoms with Crippen molar-refractivity contribution < 1.29 is 0 Å². The van der Waals surface area contributed by atoms with Crippen LogP contribution in [0.1, 0.15) is 18.4 Å². The molecule has 4 heteroatoms. The molecule has 1 saturated heterocycles. The highest BCUT2D eigenvalue weighted by atomic mass is 32.1. The molecule has 1 aromatic heterocycles. The van der Waals surface area contributed by atoms with Crippen LogP contribution < -0.4 is 5.32 Å². The molecular formula is C26H27N3S. The second-order valence-corrected chi connectivity index (χ2v) is 9.18. The van der Waals surface area contributed by atoms with Gasteiger partial charge in [-0.25, -0.2) is 4.98 Å². The summed E-state index contributed by atoms with van der Waals surface area (Å²) < 4.78 is 1.24. The van der Waals surface area contributed by atoms with Crippen LogP contribution in [0.5, 0.6) is 0 Å². The first-order valence-corrected chi connectivity index (χ1v) is 11.5. The van der Waals surface area contributed by atoms with Gasteiger partial charge in [-0.15, -0.1) is 11.3 Å². The maximum Gasteiger partial charge on any atom is 0.125 e. The number of rotatable bonds is 5. The normalized spacial score (nSPS) is 15.6. The zero-order chi connectivity index (χ0) is 20.3. The van der Waals surface area contributed by atoms with Crippen LogP contribution >= 0.6 is 11.3 Å². The van der Waals surface area contributed by atoms with Crippen molar-refractivity contribution in [2.24, 2.45) is 0 Å². The van der Waals surface area contributed by atoms with Crippen molar-refractivity contribution in [2.45, 2.75) is 25.4 Å². The van der Waals surface area contributed by atoms with Crippen LogP contribution in [-0.4, -0.2) is 36.1 Å². The lowest BCUT2D eigenvalue weighted by Crippen LogP contribution is -2.40. The average molecular weight is 414 g/mol. The van der Waals surface area contributed by atoms with Gasteiger partial charge in [0.2, 0.25) is 0 Å². The van der Waals surface area contributed by atoms with E-state index in [-0.39, 0.29) is 0 Å². The van der Waals surface area contributed by atoms with E-state index in [0.717, 1.165) is 17.1 Å². The van der Waals surface area contributed by atoms with Crippen LogP contribution in [0.4, 0.5) is 0 Å². The molecule has 0 saturated carbocycles. The van der Waals surface area contributed by atoms with Crippen LogP contribution in [0, 0.1) is 0 Å². The Morgan fingerprint density at radius 2 is 1.70 bits per heavy atom. The Morgan fingerprint density at radius 3 is 2.50 bits per heavy atom. The second-order valence-electron chi connectivity index (χ2n) is 8.15. The van der Waals surface area contributed by atoms with Gasteiger partial charge in [0, 0.05) is 18.2 Å². The summed E-state index contributed by atoms with van der Waals surface area (Å²) in [6.07, 6.45) is 2.43. The lowest BCUT2D eigenvalue weighted by Gasteiger charge is -2.30. The molecule has 4 aromatic rings. The SMILES string of the molecule is CN1CCC(NCc2cccc(-c3ccccc3)c2-c2nc3ccccc3s2)CC1. The number of thiazole rings is 1. The van der Waals surface area contributed by atoms with Gasteiger partial charge in [-0.2, -0.15) is 0 Å². The largest absolute Gasteiger partial charge is 0.310 e. The van der Waals surface area contributed by atoms with Crippen LogP contribution in [-0.2, 0) is 6.54 Å². The number of nitrogens with zero attached hydrogens (tertiary/aromatic N) is 2. The number of fused-ring (bicyclic) bond motifs is 1. The van der Waals surface area contributed by atoms with E-state index < -0.39 is 0 Å². The Morgan fingerprint density at radius 1 is 0.933 bits per heavy atom. The molecule has 3 nitrogen and oxygen atoms in total. The van der Waals surface area contributed by atoms with Gasteiger partial charge in [0.05, 0.1) is 10.2 Å². The van der Waals surface area contributed by atoms with Crippen molar-refractivity contribution in [2.75, 3.05) is 20.1 Å². The number of nitrogens with one attached hydrogen (secondary N) is 1. The molecule has 2 heterocycles. The van der Waals surface area contributed by atoms with Crippen molar-refractivity contribution in [1.82, 2.24) is 15.2 Å². The Balaban J connectivity index is 1.54. The Bertz CT molecular complexity index is 1090. The lowest BCUT2D eigenvalue weighted by molar-refractivity contribution is 0.234. The van der Waals surface area contributed by atoms with Crippen molar-refractivity contribution in [1.29, 1.82) is 0 Å². The lowest BCUT2D eigenvalue weighted by atomic mass is 9.95. The van der Waals surface area contributed by atoms with Crippen molar-refractivity contribution >= 4 is 21.6 Å². The van der Waals surface area contributed by atoms with Crippen LogP contribution in [0.3, 0.4) is 0 Å². The van der Waals surface area contributed by atoms with Gasteiger partial charge in [0.15, 0.2) is 0 Å². The van der Waals surface area contributed by atoms with Gasteiger partial charge in [-0.05, 0) is 61.8 Å². The molecule has 0 atom stereocenters. The summed E-state index contributed by atoms with van der Waals surface area (Å²) in [4.78, 5) is 7.44. The fourth-order valence-corrected chi connectivity index (χ4v) is 5.36. The molecule has 0 unspecified atom stereocenters. The summed E-state index contributed by atoms with van der Waals surface area (Å²) in [5.74, 6) is 0. The number of aromatic nitrogens is 1. The monoisotopic (exact) mass is 413 g/mol. The summed E-state index contributed by atoms with van der Waals surface area (Å²) in [6.45, 7) is 3.22. The van der Waals surface area contributed by atoms with Crippen molar-refractivity contribution in [3.05, 3.63) is 78.4 Å². The summed E-state index contributed by atoms with van der Waals surface area (Å²) in [5.41, 5.74) is 6.18. The molecule has 1 fully saturated rings. The molecule has 1 aliphatic heterocycles. The molecule has 3 aromatic carbocycles. The number of benzene rings is 3. The number of likely N-dealkylation sites (tertiary alicyclic amines) is 1. The molecule has 0 amide bonds. The third kappa shape index (κ3) is 4.04.